The Morgan fingerprint density at radius 2 is 2.36 bits per heavy atom. The summed E-state index contributed by atoms with van der Waals surface area (Å²) in [7, 11) is 3.73. The lowest BCUT2D eigenvalue weighted by atomic mass is 10.5. The van der Waals surface area contributed by atoms with Crippen LogP contribution in [0.5, 0.6) is 0 Å². The zero-order chi connectivity index (χ0) is 10.4. The SMILES string of the molecule is COCCN(C)CCn1[nH]nnc1=S. The zero-order valence-electron chi connectivity index (χ0n) is 8.43. The molecule has 7 heteroatoms. The van der Waals surface area contributed by atoms with Crippen LogP contribution in [0.25, 0.3) is 0 Å². The van der Waals surface area contributed by atoms with E-state index in [4.69, 9.17) is 17.0 Å². The highest BCUT2D eigenvalue weighted by Crippen LogP contribution is 1.87. The van der Waals surface area contributed by atoms with Crippen molar-refractivity contribution in [3.63, 3.8) is 0 Å². The molecule has 0 atom stereocenters. The van der Waals surface area contributed by atoms with E-state index in [0.717, 1.165) is 26.2 Å². The van der Waals surface area contributed by atoms with Crippen molar-refractivity contribution in [2.45, 2.75) is 6.54 Å². The highest BCUT2D eigenvalue weighted by Gasteiger charge is 1.99. The molecule has 0 fully saturated rings. The summed E-state index contributed by atoms with van der Waals surface area (Å²) in [4.78, 5) is 2.16. The number of aromatic nitrogens is 4. The molecule has 0 unspecified atom stereocenters. The second-order valence-electron chi connectivity index (χ2n) is 3.03. The maximum Gasteiger partial charge on any atom is 0.238 e. The van der Waals surface area contributed by atoms with Gasteiger partial charge in [-0.2, -0.15) is 5.21 Å². The van der Waals surface area contributed by atoms with E-state index in [1.807, 2.05) is 7.05 Å². The number of nitrogens with one attached hydrogen (secondary N) is 1. The number of likely N-dealkylation sites (N-methyl/N-ethyl adjacent to an activating group) is 1. The highest BCUT2D eigenvalue weighted by molar-refractivity contribution is 7.71. The third-order valence-electron chi connectivity index (χ3n) is 1.91. The predicted octanol–water partition coefficient (Wildman–Crippen LogP) is -0.0861. The monoisotopic (exact) mass is 217 g/mol. The molecule has 0 aliphatic carbocycles. The summed E-state index contributed by atoms with van der Waals surface area (Å²) in [5.74, 6) is 0. The van der Waals surface area contributed by atoms with Crippen LogP contribution in [0.2, 0.25) is 0 Å². The van der Waals surface area contributed by atoms with Gasteiger partial charge in [0, 0.05) is 20.2 Å². The average Bonchev–Trinajstić information content (AvgIpc) is 2.58. The van der Waals surface area contributed by atoms with Gasteiger partial charge in [0.1, 0.15) is 0 Å². The topological polar surface area (TPSA) is 59.0 Å². The Hall–Kier alpha value is -0.790. The quantitative estimate of drug-likeness (QED) is 0.675. The fourth-order valence-corrected chi connectivity index (χ4v) is 1.16. The maximum absolute atomic E-state index is 4.97. The Bertz CT molecular complexity index is 309. The number of hydrogen-bond acceptors (Lipinski definition) is 5. The molecule has 0 spiro atoms. The molecule has 0 radical (unpaired) electrons. The lowest BCUT2D eigenvalue weighted by Crippen LogP contribution is -2.27. The van der Waals surface area contributed by atoms with E-state index < -0.39 is 0 Å². The van der Waals surface area contributed by atoms with Gasteiger partial charge < -0.3 is 9.64 Å². The largest absolute Gasteiger partial charge is 0.383 e. The van der Waals surface area contributed by atoms with E-state index in [0.29, 0.717) is 4.77 Å². The van der Waals surface area contributed by atoms with Crippen molar-refractivity contribution in [2.75, 3.05) is 33.9 Å². The first-order chi connectivity index (χ1) is 6.74. The number of nitrogens with zero attached hydrogens (tertiary/aromatic N) is 4. The number of rotatable bonds is 6. The van der Waals surface area contributed by atoms with Crippen LogP contribution in [0.1, 0.15) is 0 Å². The molecule has 0 saturated carbocycles. The van der Waals surface area contributed by atoms with Crippen LogP contribution in [0.4, 0.5) is 0 Å². The molecule has 0 bridgehead atoms. The van der Waals surface area contributed by atoms with Crippen molar-refractivity contribution >= 4 is 12.2 Å². The minimum absolute atomic E-state index is 0.491. The van der Waals surface area contributed by atoms with Gasteiger partial charge in [-0.05, 0) is 19.3 Å². The van der Waals surface area contributed by atoms with Gasteiger partial charge >= 0.3 is 0 Å². The van der Waals surface area contributed by atoms with E-state index in [2.05, 4.69) is 20.4 Å². The lowest BCUT2D eigenvalue weighted by molar-refractivity contribution is 0.158. The van der Waals surface area contributed by atoms with Gasteiger partial charge in [-0.25, -0.2) is 4.68 Å². The van der Waals surface area contributed by atoms with E-state index in [-0.39, 0.29) is 0 Å². The lowest BCUT2D eigenvalue weighted by Gasteiger charge is -2.15. The Morgan fingerprint density at radius 1 is 1.57 bits per heavy atom. The second-order valence-corrected chi connectivity index (χ2v) is 3.40. The van der Waals surface area contributed by atoms with E-state index >= 15 is 0 Å². The van der Waals surface area contributed by atoms with Gasteiger partial charge in [-0.15, -0.1) is 0 Å². The van der Waals surface area contributed by atoms with Crippen molar-refractivity contribution in [3.8, 4) is 0 Å². The summed E-state index contributed by atoms with van der Waals surface area (Å²) >= 11 is 4.94. The minimum atomic E-state index is 0.491. The molecule has 0 amide bonds. The summed E-state index contributed by atoms with van der Waals surface area (Å²) in [5, 5.41) is 10.00. The molecule has 1 aromatic heterocycles. The van der Waals surface area contributed by atoms with Gasteiger partial charge in [0.2, 0.25) is 4.77 Å². The predicted molar refractivity (Wildman–Crippen MR) is 54.6 cm³/mol. The fraction of sp³-hybridized carbons (Fsp3) is 0.857. The van der Waals surface area contributed by atoms with Crippen molar-refractivity contribution in [3.05, 3.63) is 4.77 Å². The van der Waals surface area contributed by atoms with Crippen LogP contribution in [-0.2, 0) is 11.3 Å². The third kappa shape index (κ3) is 3.52. The van der Waals surface area contributed by atoms with Gasteiger partial charge in [0.25, 0.3) is 0 Å². The molecule has 1 rings (SSSR count). The minimum Gasteiger partial charge on any atom is -0.383 e. The smallest absolute Gasteiger partial charge is 0.238 e. The molecule has 0 aromatic carbocycles. The van der Waals surface area contributed by atoms with Gasteiger partial charge in [0.05, 0.1) is 13.2 Å². The molecular formula is C7H15N5OS. The van der Waals surface area contributed by atoms with E-state index in [1.165, 1.54) is 0 Å². The molecule has 14 heavy (non-hydrogen) atoms. The van der Waals surface area contributed by atoms with Crippen LogP contribution in [0.15, 0.2) is 0 Å². The first kappa shape index (κ1) is 11.3. The van der Waals surface area contributed by atoms with E-state index in [9.17, 15) is 0 Å². The van der Waals surface area contributed by atoms with Crippen molar-refractivity contribution in [1.29, 1.82) is 0 Å². The van der Waals surface area contributed by atoms with Crippen molar-refractivity contribution in [1.82, 2.24) is 25.1 Å². The average molecular weight is 217 g/mol. The van der Waals surface area contributed by atoms with Gasteiger partial charge in [-0.1, -0.05) is 10.3 Å². The molecule has 0 saturated heterocycles. The molecular weight excluding hydrogens is 202 g/mol. The Kier molecular flexibility index (Phi) is 4.71. The van der Waals surface area contributed by atoms with E-state index in [1.54, 1.807) is 11.8 Å². The van der Waals surface area contributed by atoms with Crippen molar-refractivity contribution < 1.29 is 4.74 Å². The number of hydrogen-bond donors (Lipinski definition) is 1. The number of ether oxygens (including phenoxy) is 1. The summed E-state index contributed by atoms with van der Waals surface area (Å²) in [6.45, 7) is 3.31. The Labute approximate surface area is 87.8 Å². The van der Waals surface area contributed by atoms with Crippen LogP contribution >= 0.6 is 12.2 Å². The van der Waals surface area contributed by atoms with Gasteiger partial charge in [-0.3, -0.25) is 0 Å². The fourth-order valence-electron chi connectivity index (χ4n) is 0.991. The maximum atomic E-state index is 4.97. The summed E-state index contributed by atoms with van der Waals surface area (Å²) < 4.78 is 7.20. The Balaban J connectivity index is 2.27. The second kappa shape index (κ2) is 5.84. The van der Waals surface area contributed by atoms with Crippen LogP contribution < -0.4 is 0 Å². The summed E-state index contributed by atoms with van der Waals surface area (Å²) in [5.41, 5.74) is 0. The molecule has 80 valence electrons. The number of tetrazole rings is 1. The van der Waals surface area contributed by atoms with Crippen LogP contribution in [-0.4, -0.2) is 59.0 Å². The summed E-state index contributed by atoms with van der Waals surface area (Å²) in [6, 6.07) is 0. The Morgan fingerprint density at radius 3 is 2.93 bits per heavy atom. The molecule has 0 aliphatic heterocycles. The molecule has 6 nitrogen and oxygen atoms in total. The third-order valence-corrected chi connectivity index (χ3v) is 2.22. The number of methoxy groups -OCH3 is 1. The molecule has 1 aromatic rings. The van der Waals surface area contributed by atoms with Crippen LogP contribution in [0.3, 0.4) is 0 Å². The highest BCUT2D eigenvalue weighted by atomic mass is 32.1. The number of aromatic amines is 1. The van der Waals surface area contributed by atoms with Gasteiger partial charge in [0.15, 0.2) is 0 Å². The van der Waals surface area contributed by atoms with Crippen LogP contribution in [0, 0.1) is 4.77 Å². The number of H-pyrrole nitrogens is 1. The summed E-state index contributed by atoms with van der Waals surface area (Å²) in [6.07, 6.45) is 0. The standard InChI is InChI=1S/C7H15N5OS/c1-11(5-6-13-2)3-4-12-7(14)8-9-10-12/h3-6H2,1-2H3,(H,8,10,14). The molecule has 0 aliphatic rings. The normalized spacial score (nSPS) is 11.1. The first-order valence-corrected chi connectivity index (χ1v) is 4.80. The molecule has 1 heterocycles. The molecule has 1 N–H and O–H groups in total. The first-order valence-electron chi connectivity index (χ1n) is 4.39. The van der Waals surface area contributed by atoms with Crippen molar-refractivity contribution in [2.24, 2.45) is 0 Å². The zero-order valence-corrected chi connectivity index (χ0v) is 9.25.